The Hall–Kier alpha value is -1.00. The molecule has 0 saturated carbocycles. The normalized spacial score (nSPS) is 17.9. The van der Waals surface area contributed by atoms with Crippen LogP contribution in [0.15, 0.2) is 53.5 Å². The van der Waals surface area contributed by atoms with E-state index in [-0.39, 0.29) is 0 Å². The number of hydrogen-bond acceptors (Lipinski definition) is 3. The van der Waals surface area contributed by atoms with E-state index < -0.39 is 14.6 Å². The van der Waals surface area contributed by atoms with Gasteiger partial charge in [0, 0.05) is 11.2 Å². The highest BCUT2D eigenvalue weighted by atomic mass is 32.2. The van der Waals surface area contributed by atoms with Gasteiger partial charge in [0.15, 0.2) is 9.84 Å². The summed E-state index contributed by atoms with van der Waals surface area (Å²) in [5.74, 6) is 0. The molecule has 0 aromatic heterocycles. The van der Waals surface area contributed by atoms with Crippen molar-refractivity contribution in [3.05, 3.63) is 54.1 Å². The standard InChI is InChI=1S/C14H16O2S2/c1-17-13-9-5-4-8-12(13)14(18(2,15)16)10-6-3-7-11-14/h4-11H,3H2,1-2H3. The molecule has 1 aliphatic carbocycles. The van der Waals surface area contributed by atoms with Crippen LogP contribution in [0.3, 0.4) is 0 Å². The minimum absolute atomic E-state index is 0.790. The van der Waals surface area contributed by atoms with Gasteiger partial charge in [0.05, 0.1) is 0 Å². The second-order valence-electron chi connectivity index (χ2n) is 4.31. The number of allylic oxidation sites excluding steroid dienone is 2. The third-order valence-electron chi connectivity index (χ3n) is 3.14. The Kier molecular flexibility index (Phi) is 3.69. The second kappa shape index (κ2) is 4.94. The van der Waals surface area contributed by atoms with Gasteiger partial charge in [-0.2, -0.15) is 0 Å². The van der Waals surface area contributed by atoms with Gasteiger partial charge in [-0.25, -0.2) is 8.42 Å². The number of sulfone groups is 1. The van der Waals surface area contributed by atoms with E-state index in [0.717, 1.165) is 16.9 Å². The number of hydrogen-bond donors (Lipinski definition) is 0. The van der Waals surface area contributed by atoms with Crippen LogP contribution in [-0.2, 0) is 14.6 Å². The fraction of sp³-hybridized carbons (Fsp3) is 0.286. The maximum atomic E-state index is 12.3. The fourth-order valence-electron chi connectivity index (χ4n) is 2.21. The van der Waals surface area contributed by atoms with E-state index in [1.807, 2.05) is 42.7 Å². The predicted molar refractivity (Wildman–Crippen MR) is 77.6 cm³/mol. The first kappa shape index (κ1) is 13.4. The van der Waals surface area contributed by atoms with E-state index in [1.165, 1.54) is 6.26 Å². The molecule has 18 heavy (non-hydrogen) atoms. The third-order valence-corrected chi connectivity index (χ3v) is 5.66. The molecule has 1 aromatic carbocycles. The van der Waals surface area contributed by atoms with Crippen molar-refractivity contribution < 1.29 is 8.42 Å². The lowest BCUT2D eigenvalue weighted by molar-refractivity contribution is 0.582. The monoisotopic (exact) mass is 280 g/mol. The van der Waals surface area contributed by atoms with Crippen molar-refractivity contribution in [3.8, 4) is 0 Å². The van der Waals surface area contributed by atoms with Crippen molar-refractivity contribution in [3.63, 3.8) is 0 Å². The van der Waals surface area contributed by atoms with E-state index in [9.17, 15) is 8.42 Å². The Labute approximate surface area is 113 Å². The molecule has 2 nitrogen and oxygen atoms in total. The van der Waals surface area contributed by atoms with E-state index >= 15 is 0 Å². The van der Waals surface area contributed by atoms with Crippen molar-refractivity contribution in [2.75, 3.05) is 12.5 Å². The molecule has 1 aromatic rings. The van der Waals surface area contributed by atoms with Crippen LogP contribution in [0.5, 0.6) is 0 Å². The molecule has 2 rings (SSSR count). The van der Waals surface area contributed by atoms with Crippen molar-refractivity contribution in [2.45, 2.75) is 16.1 Å². The number of rotatable bonds is 3. The van der Waals surface area contributed by atoms with Gasteiger partial charge in [0.25, 0.3) is 0 Å². The molecule has 0 fully saturated rings. The lowest BCUT2D eigenvalue weighted by Crippen LogP contribution is -2.32. The average molecular weight is 280 g/mol. The van der Waals surface area contributed by atoms with Crippen LogP contribution < -0.4 is 0 Å². The average Bonchev–Trinajstić information content (AvgIpc) is 2.38. The molecule has 1 aliphatic rings. The topological polar surface area (TPSA) is 34.1 Å². The maximum absolute atomic E-state index is 12.3. The van der Waals surface area contributed by atoms with Gasteiger partial charge in [-0.15, -0.1) is 11.8 Å². The summed E-state index contributed by atoms with van der Waals surface area (Å²) in [7, 11) is -3.26. The maximum Gasteiger partial charge on any atom is 0.164 e. The third kappa shape index (κ3) is 2.15. The smallest absolute Gasteiger partial charge is 0.164 e. The van der Waals surface area contributed by atoms with Crippen LogP contribution in [0.4, 0.5) is 0 Å². The summed E-state index contributed by atoms with van der Waals surface area (Å²) in [4.78, 5) is 0.999. The lowest BCUT2D eigenvalue weighted by atomic mass is 9.93. The van der Waals surface area contributed by atoms with Crippen molar-refractivity contribution in [1.29, 1.82) is 0 Å². The molecule has 4 heteroatoms. The lowest BCUT2D eigenvalue weighted by Gasteiger charge is -2.29. The fourth-order valence-corrected chi connectivity index (χ4v) is 4.21. The molecule has 0 N–H and O–H groups in total. The first-order chi connectivity index (χ1) is 8.51. The number of benzene rings is 1. The van der Waals surface area contributed by atoms with Gasteiger partial charge in [0.1, 0.15) is 4.75 Å². The van der Waals surface area contributed by atoms with E-state index in [4.69, 9.17) is 0 Å². The molecule has 0 saturated heterocycles. The summed E-state index contributed by atoms with van der Waals surface area (Å²) < 4.78 is 23.5. The highest BCUT2D eigenvalue weighted by Crippen LogP contribution is 2.40. The van der Waals surface area contributed by atoms with Crippen LogP contribution in [0, 0.1) is 0 Å². The predicted octanol–water partition coefficient (Wildman–Crippen LogP) is 3.16. The molecular formula is C14H16O2S2. The van der Waals surface area contributed by atoms with Crippen LogP contribution in [0.1, 0.15) is 12.0 Å². The summed E-state index contributed by atoms with van der Waals surface area (Å²) >= 11 is 1.57. The summed E-state index contributed by atoms with van der Waals surface area (Å²) in [6, 6.07) is 7.68. The van der Waals surface area contributed by atoms with Gasteiger partial charge in [-0.1, -0.05) is 42.5 Å². The first-order valence-electron chi connectivity index (χ1n) is 5.70. The Bertz CT molecular complexity index is 586. The molecule has 0 spiro atoms. The van der Waals surface area contributed by atoms with E-state index in [2.05, 4.69) is 0 Å². The largest absolute Gasteiger partial charge is 0.228 e. The van der Waals surface area contributed by atoms with Gasteiger partial charge in [0.2, 0.25) is 0 Å². The Morgan fingerprint density at radius 1 is 1.17 bits per heavy atom. The zero-order valence-corrected chi connectivity index (χ0v) is 12.1. The molecule has 96 valence electrons. The highest BCUT2D eigenvalue weighted by molar-refractivity contribution is 7.98. The highest BCUT2D eigenvalue weighted by Gasteiger charge is 2.39. The molecule has 0 amide bonds. The van der Waals surface area contributed by atoms with Gasteiger partial charge in [-0.3, -0.25) is 0 Å². The SMILES string of the molecule is CSc1ccccc1C1(S(C)(=O)=O)C=CCC=C1. The molecule has 0 atom stereocenters. The van der Waals surface area contributed by atoms with Crippen molar-refractivity contribution in [2.24, 2.45) is 0 Å². The Balaban J connectivity index is 2.73. The molecular weight excluding hydrogens is 264 g/mol. The Morgan fingerprint density at radius 2 is 1.78 bits per heavy atom. The molecule has 0 heterocycles. The van der Waals surface area contributed by atoms with Gasteiger partial charge < -0.3 is 0 Å². The summed E-state index contributed by atoms with van der Waals surface area (Å²) in [6.07, 6.45) is 11.5. The zero-order valence-electron chi connectivity index (χ0n) is 10.5. The quantitative estimate of drug-likeness (QED) is 0.630. The van der Waals surface area contributed by atoms with E-state index in [0.29, 0.717) is 0 Å². The minimum Gasteiger partial charge on any atom is -0.228 e. The molecule has 0 aliphatic heterocycles. The van der Waals surface area contributed by atoms with Crippen LogP contribution >= 0.6 is 11.8 Å². The molecule has 0 unspecified atom stereocenters. The van der Waals surface area contributed by atoms with E-state index in [1.54, 1.807) is 23.9 Å². The van der Waals surface area contributed by atoms with Crippen LogP contribution in [0.2, 0.25) is 0 Å². The van der Waals surface area contributed by atoms with Gasteiger partial charge in [-0.05, 0) is 24.3 Å². The molecule has 0 bridgehead atoms. The van der Waals surface area contributed by atoms with Gasteiger partial charge >= 0.3 is 0 Å². The van der Waals surface area contributed by atoms with Crippen LogP contribution in [0.25, 0.3) is 0 Å². The minimum atomic E-state index is -3.26. The molecule has 0 radical (unpaired) electrons. The van der Waals surface area contributed by atoms with Crippen LogP contribution in [-0.4, -0.2) is 20.9 Å². The summed E-state index contributed by atoms with van der Waals surface area (Å²) in [6.45, 7) is 0. The zero-order chi connectivity index (χ0) is 13.2. The number of thioether (sulfide) groups is 1. The second-order valence-corrected chi connectivity index (χ2v) is 7.37. The summed E-state index contributed by atoms with van der Waals surface area (Å²) in [5.41, 5.74) is 0.840. The summed E-state index contributed by atoms with van der Waals surface area (Å²) in [5, 5.41) is 0. The van der Waals surface area contributed by atoms with Crippen molar-refractivity contribution in [1.82, 2.24) is 0 Å². The van der Waals surface area contributed by atoms with Crippen molar-refractivity contribution >= 4 is 21.6 Å². The Morgan fingerprint density at radius 3 is 2.33 bits per heavy atom. The first-order valence-corrected chi connectivity index (χ1v) is 8.81.